The molecular weight excluding hydrogens is 414 g/mol. The van der Waals surface area contributed by atoms with Crippen molar-refractivity contribution in [1.29, 1.82) is 0 Å². The van der Waals surface area contributed by atoms with Gasteiger partial charge < -0.3 is 10.3 Å². The Balaban J connectivity index is 1.33. The highest BCUT2D eigenvalue weighted by molar-refractivity contribution is 7.99. The number of imidazole rings is 1. The maximum atomic E-state index is 13.3. The standard InChI is InChI=1S/C20H20F2N4OS2/c21-15-9-17-18(10-16(15)22)25-20(24-17)29-12-19(27)23-14-3-1-2-13(8-14)11-26-4-6-28-7-5-26/h1-3,8-10H,4-7,11-12H2,(H,23,27)(H,24,25). The summed E-state index contributed by atoms with van der Waals surface area (Å²) in [5, 5.41) is 3.34. The van der Waals surface area contributed by atoms with Crippen molar-refractivity contribution in [3.8, 4) is 0 Å². The number of aromatic nitrogens is 2. The molecule has 1 fully saturated rings. The fraction of sp³-hybridized carbons (Fsp3) is 0.300. The third-order valence-corrected chi connectivity index (χ3v) is 6.38. The van der Waals surface area contributed by atoms with E-state index in [1.54, 1.807) is 0 Å². The van der Waals surface area contributed by atoms with Crippen LogP contribution in [0.4, 0.5) is 14.5 Å². The number of H-pyrrole nitrogens is 1. The fourth-order valence-electron chi connectivity index (χ4n) is 3.15. The minimum Gasteiger partial charge on any atom is -0.333 e. The van der Waals surface area contributed by atoms with Gasteiger partial charge in [-0.25, -0.2) is 13.8 Å². The molecule has 1 aliphatic heterocycles. The second-order valence-electron chi connectivity index (χ2n) is 6.75. The first-order chi connectivity index (χ1) is 14.1. The Labute approximate surface area is 175 Å². The fourth-order valence-corrected chi connectivity index (χ4v) is 4.81. The maximum Gasteiger partial charge on any atom is 0.234 e. The smallest absolute Gasteiger partial charge is 0.234 e. The number of hydrogen-bond donors (Lipinski definition) is 2. The lowest BCUT2D eigenvalue weighted by Crippen LogP contribution is -2.31. The Kier molecular flexibility index (Phi) is 6.37. The van der Waals surface area contributed by atoms with Crippen LogP contribution < -0.4 is 5.32 Å². The Hall–Kier alpha value is -2.10. The van der Waals surface area contributed by atoms with Crippen molar-refractivity contribution in [2.24, 2.45) is 0 Å². The largest absolute Gasteiger partial charge is 0.333 e. The number of hydrogen-bond acceptors (Lipinski definition) is 5. The van der Waals surface area contributed by atoms with Gasteiger partial charge >= 0.3 is 0 Å². The van der Waals surface area contributed by atoms with Crippen molar-refractivity contribution in [2.45, 2.75) is 11.7 Å². The lowest BCUT2D eigenvalue weighted by atomic mass is 10.2. The first-order valence-electron chi connectivity index (χ1n) is 9.23. The van der Waals surface area contributed by atoms with Gasteiger partial charge in [-0.1, -0.05) is 23.9 Å². The third-order valence-electron chi connectivity index (χ3n) is 4.56. The number of thioether (sulfide) groups is 2. The van der Waals surface area contributed by atoms with Crippen LogP contribution in [0, 0.1) is 11.6 Å². The topological polar surface area (TPSA) is 61.0 Å². The van der Waals surface area contributed by atoms with Crippen molar-refractivity contribution in [3.05, 3.63) is 53.6 Å². The molecule has 2 heterocycles. The van der Waals surface area contributed by atoms with Crippen molar-refractivity contribution in [2.75, 3.05) is 35.7 Å². The van der Waals surface area contributed by atoms with Gasteiger partial charge in [-0.15, -0.1) is 0 Å². The lowest BCUT2D eigenvalue weighted by molar-refractivity contribution is -0.113. The summed E-state index contributed by atoms with van der Waals surface area (Å²) in [6, 6.07) is 9.98. The van der Waals surface area contributed by atoms with Gasteiger partial charge in [0.25, 0.3) is 0 Å². The van der Waals surface area contributed by atoms with E-state index in [9.17, 15) is 13.6 Å². The summed E-state index contributed by atoms with van der Waals surface area (Å²) in [6.07, 6.45) is 0. The summed E-state index contributed by atoms with van der Waals surface area (Å²) in [5.41, 5.74) is 2.66. The zero-order valence-corrected chi connectivity index (χ0v) is 17.2. The Morgan fingerprint density at radius 2 is 2.00 bits per heavy atom. The monoisotopic (exact) mass is 434 g/mol. The van der Waals surface area contributed by atoms with Gasteiger partial charge in [0.05, 0.1) is 16.8 Å². The van der Waals surface area contributed by atoms with Gasteiger partial charge in [0.2, 0.25) is 5.91 Å². The van der Waals surface area contributed by atoms with E-state index in [4.69, 9.17) is 0 Å². The molecule has 0 unspecified atom stereocenters. The number of rotatable bonds is 6. The summed E-state index contributed by atoms with van der Waals surface area (Å²) in [5.74, 6) is 0.418. The SMILES string of the molecule is O=C(CSc1nc2cc(F)c(F)cc2[nH]1)Nc1cccc(CN2CCSCC2)c1. The lowest BCUT2D eigenvalue weighted by Gasteiger charge is -2.26. The van der Waals surface area contributed by atoms with Crippen LogP contribution in [0.25, 0.3) is 11.0 Å². The average molecular weight is 435 g/mol. The first-order valence-corrected chi connectivity index (χ1v) is 11.4. The van der Waals surface area contributed by atoms with Gasteiger partial charge in [-0.3, -0.25) is 9.69 Å². The first kappa shape index (κ1) is 20.2. The second kappa shape index (κ2) is 9.15. The molecule has 0 bridgehead atoms. The maximum absolute atomic E-state index is 13.3. The Morgan fingerprint density at radius 1 is 1.21 bits per heavy atom. The molecular formula is C20H20F2N4OS2. The molecule has 2 aromatic carbocycles. The number of amides is 1. The van der Waals surface area contributed by atoms with Crippen LogP contribution in [0.2, 0.25) is 0 Å². The quantitative estimate of drug-likeness (QED) is 0.572. The Bertz CT molecular complexity index is 982. The molecule has 9 heteroatoms. The van der Waals surface area contributed by atoms with Crippen molar-refractivity contribution < 1.29 is 13.6 Å². The van der Waals surface area contributed by atoms with Crippen molar-refractivity contribution in [3.63, 3.8) is 0 Å². The number of benzene rings is 2. The van der Waals surface area contributed by atoms with Crippen LogP contribution in [0.1, 0.15) is 5.56 Å². The van der Waals surface area contributed by atoms with E-state index >= 15 is 0 Å². The number of anilines is 1. The molecule has 3 aromatic rings. The van der Waals surface area contributed by atoms with Crippen LogP contribution >= 0.6 is 23.5 Å². The molecule has 1 amide bonds. The molecule has 2 N–H and O–H groups in total. The summed E-state index contributed by atoms with van der Waals surface area (Å²) in [7, 11) is 0. The summed E-state index contributed by atoms with van der Waals surface area (Å²) in [6.45, 7) is 3.05. The molecule has 1 aliphatic rings. The van der Waals surface area contributed by atoms with Gasteiger partial charge in [0, 0.05) is 49.0 Å². The number of nitrogens with zero attached hydrogens (tertiary/aromatic N) is 2. The van der Waals surface area contributed by atoms with Gasteiger partial charge in [-0.2, -0.15) is 11.8 Å². The van der Waals surface area contributed by atoms with Crippen LogP contribution in [0.15, 0.2) is 41.6 Å². The zero-order chi connectivity index (χ0) is 20.2. The molecule has 152 valence electrons. The normalized spacial score (nSPS) is 15.0. The summed E-state index contributed by atoms with van der Waals surface area (Å²) >= 11 is 3.16. The van der Waals surface area contributed by atoms with Gasteiger partial charge in [-0.05, 0) is 17.7 Å². The molecule has 1 saturated heterocycles. The summed E-state index contributed by atoms with van der Waals surface area (Å²) < 4.78 is 26.6. The minimum absolute atomic E-state index is 0.137. The van der Waals surface area contributed by atoms with E-state index in [1.807, 2.05) is 30.0 Å². The highest BCUT2D eigenvalue weighted by atomic mass is 32.2. The van der Waals surface area contributed by atoms with E-state index in [1.165, 1.54) is 17.3 Å². The van der Waals surface area contributed by atoms with E-state index in [0.29, 0.717) is 16.2 Å². The number of halogens is 2. The predicted octanol–water partition coefficient (Wildman–Crippen LogP) is 4.12. The molecule has 0 saturated carbocycles. The van der Waals surface area contributed by atoms with E-state index in [0.717, 1.165) is 49.0 Å². The van der Waals surface area contributed by atoms with E-state index < -0.39 is 11.6 Å². The molecule has 0 spiro atoms. The van der Waals surface area contributed by atoms with E-state index in [2.05, 4.69) is 26.3 Å². The Morgan fingerprint density at radius 3 is 2.83 bits per heavy atom. The predicted molar refractivity (Wildman–Crippen MR) is 114 cm³/mol. The molecule has 4 rings (SSSR count). The highest BCUT2D eigenvalue weighted by Crippen LogP contribution is 2.22. The van der Waals surface area contributed by atoms with Crippen LogP contribution in [0.5, 0.6) is 0 Å². The second-order valence-corrected chi connectivity index (χ2v) is 8.94. The molecule has 0 radical (unpaired) electrons. The summed E-state index contributed by atoms with van der Waals surface area (Å²) in [4.78, 5) is 21.8. The average Bonchev–Trinajstić information content (AvgIpc) is 3.09. The number of carbonyl (C=O) groups is 1. The molecule has 1 aromatic heterocycles. The molecule has 5 nitrogen and oxygen atoms in total. The number of nitrogens with one attached hydrogen (secondary N) is 2. The van der Waals surface area contributed by atoms with E-state index in [-0.39, 0.29) is 11.7 Å². The number of carbonyl (C=O) groups excluding carboxylic acids is 1. The number of fused-ring (bicyclic) bond motifs is 1. The minimum atomic E-state index is -0.943. The number of aromatic amines is 1. The molecule has 29 heavy (non-hydrogen) atoms. The molecule has 0 atom stereocenters. The van der Waals surface area contributed by atoms with Crippen molar-refractivity contribution >= 4 is 46.2 Å². The van der Waals surface area contributed by atoms with Gasteiger partial charge in [0.15, 0.2) is 16.8 Å². The van der Waals surface area contributed by atoms with Crippen LogP contribution in [0.3, 0.4) is 0 Å². The highest BCUT2D eigenvalue weighted by Gasteiger charge is 2.13. The van der Waals surface area contributed by atoms with Crippen LogP contribution in [-0.4, -0.2) is 51.1 Å². The van der Waals surface area contributed by atoms with Crippen molar-refractivity contribution in [1.82, 2.24) is 14.9 Å². The van der Waals surface area contributed by atoms with Gasteiger partial charge in [0.1, 0.15) is 0 Å². The molecule has 0 aliphatic carbocycles. The van der Waals surface area contributed by atoms with Crippen LogP contribution in [-0.2, 0) is 11.3 Å². The third kappa shape index (κ3) is 5.29. The zero-order valence-electron chi connectivity index (χ0n) is 15.6.